The van der Waals surface area contributed by atoms with E-state index in [1.54, 1.807) is 31.4 Å². The molecular weight excluding hydrogens is 476 g/mol. The van der Waals surface area contributed by atoms with E-state index in [1.165, 1.54) is 0 Å². The largest absolute Gasteiger partial charge is 0.497 e. The number of nitrogens with one attached hydrogen (secondary N) is 1. The summed E-state index contributed by atoms with van der Waals surface area (Å²) in [6.07, 6.45) is 4.00. The first-order chi connectivity index (χ1) is 18.2. The second-order valence-electron chi connectivity index (χ2n) is 11.3. The lowest BCUT2D eigenvalue weighted by molar-refractivity contribution is -0.128. The van der Waals surface area contributed by atoms with Crippen molar-refractivity contribution in [2.24, 2.45) is 11.3 Å². The van der Waals surface area contributed by atoms with Gasteiger partial charge >= 0.3 is 0 Å². The summed E-state index contributed by atoms with van der Waals surface area (Å²) in [7, 11) is 1.55. The number of ether oxygens (including phenoxy) is 1. The Morgan fingerprint density at radius 3 is 2.47 bits per heavy atom. The third-order valence-corrected chi connectivity index (χ3v) is 8.19. The molecule has 3 aromatic rings. The molecule has 38 heavy (non-hydrogen) atoms. The summed E-state index contributed by atoms with van der Waals surface area (Å²) < 4.78 is 5.41. The number of amides is 1. The maximum Gasteiger partial charge on any atom is 0.238 e. The van der Waals surface area contributed by atoms with Gasteiger partial charge in [0, 0.05) is 22.4 Å². The molecule has 3 heterocycles. The molecule has 6 nitrogen and oxygen atoms in total. The molecule has 192 valence electrons. The number of benzene rings is 3. The van der Waals surface area contributed by atoms with Crippen LogP contribution >= 0.6 is 0 Å². The molecule has 1 saturated heterocycles. The number of Topliss-reactive ketones (excluding diaryl/α,β-unsaturated/α-hetero) is 2. The van der Waals surface area contributed by atoms with Crippen molar-refractivity contribution in [2.45, 2.75) is 38.3 Å². The Morgan fingerprint density at radius 2 is 1.71 bits per heavy atom. The number of anilines is 2. The van der Waals surface area contributed by atoms with E-state index in [1.807, 2.05) is 86.4 Å². The van der Waals surface area contributed by atoms with Crippen LogP contribution in [-0.4, -0.2) is 36.7 Å². The van der Waals surface area contributed by atoms with Crippen LogP contribution in [0.3, 0.4) is 0 Å². The summed E-state index contributed by atoms with van der Waals surface area (Å²) in [6.45, 7) is 5.62. The minimum atomic E-state index is -1.30. The molecule has 0 aliphatic carbocycles. The van der Waals surface area contributed by atoms with Crippen LogP contribution in [0.25, 0.3) is 6.08 Å². The number of hydrogen-bond donors (Lipinski definition) is 1. The maximum absolute atomic E-state index is 14.7. The average Bonchev–Trinajstić information content (AvgIpc) is 3.40. The van der Waals surface area contributed by atoms with Gasteiger partial charge in [-0.1, -0.05) is 81.5 Å². The van der Waals surface area contributed by atoms with Gasteiger partial charge in [0.1, 0.15) is 17.2 Å². The van der Waals surface area contributed by atoms with Gasteiger partial charge in [0.15, 0.2) is 11.6 Å². The van der Waals surface area contributed by atoms with Gasteiger partial charge in [0.05, 0.1) is 19.1 Å². The Kier molecular flexibility index (Phi) is 5.35. The molecule has 1 N–H and O–H groups in total. The first kappa shape index (κ1) is 24.2. The molecule has 1 fully saturated rings. The molecule has 0 radical (unpaired) electrons. The topological polar surface area (TPSA) is 75.7 Å². The lowest BCUT2D eigenvalue weighted by Gasteiger charge is -2.38. The van der Waals surface area contributed by atoms with E-state index >= 15 is 0 Å². The smallest absolute Gasteiger partial charge is 0.238 e. The van der Waals surface area contributed by atoms with Crippen LogP contribution in [0, 0.1) is 11.3 Å². The minimum absolute atomic E-state index is 0.0806. The van der Waals surface area contributed by atoms with Crippen LogP contribution in [0.1, 0.15) is 42.3 Å². The van der Waals surface area contributed by atoms with Crippen molar-refractivity contribution >= 4 is 34.9 Å². The first-order valence-electron chi connectivity index (χ1n) is 12.9. The summed E-state index contributed by atoms with van der Waals surface area (Å²) in [5.41, 5.74) is 1.58. The number of hydrogen-bond acceptors (Lipinski definition) is 5. The standard InChI is InChI=1S/C32H30N2O4/c1-31(2,3)29(36)27-26(28(35)20-11-9-12-21(18-20)38-4)32(22-13-6-7-14-23(22)33-30(32)37)25-17-16-19-10-5-8-15-24(19)34(25)27/h5-18,25-27H,1-4H3,(H,33,37)/t25-,26-,27-,32-/m1/s1. The SMILES string of the molecule is COc1cccc(C(=O)[C@H]2[C@H](C(=O)C(C)(C)C)N3c4ccccc4C=C[C@@H]3[C@@]23C(=O)Nc2ccccc23)c1. The van der Waals surface area contributed by atoms with E-state index in [4.69, 9.17) is 4.74 Å². The summed E-state index contributed by atoms with van der Waals surface area (Å²) in [5.74, 6) is -1.02. The zero-order valence-corrected chi connectivity index (χ0v) is 21.9. The Morgan fingerprint density at radius 1 is 0.974 bits per heavy atom. The van der Waals surface area contributed by atoms with Gasteiger partial charge in [-0.2, -0.15) is 0 Å². The quantitative estimate of drug-likeness (QED) is 0.487. The van der Waals surface area contributed by atoms with E-state index in [9.17, 15) is 14.4 Å². The molecule has 0 bridgehead atoms. The molecule has 3 aromatic carbocycles. The highest BCUT2D eigenvalue weighted by atomic mass is 16.5. The van der Waals surface area contributed by atoms with Gasteiger partial charge in [-0.05, 0) is 35.4 Å². The third-order valence-electron chi connectivity index (χ3n) is 8.19. The van der Waals surface area contributed by atoms with Gasteiger partial charge < -0.3 is 15.0 Å². The van der Waals surface area contributed by atoms with Gasteiger partial charge in [-0.3, -0.25) is 14.4 Å². The third kappa shape index (κ3) is 3.22. The molecule has 0 saturated carbocycles. The van der Waals surface area contributed by atoms with Crippen molar-refractivity contribution < 1.29 is 19.1 Å². The number of carbonyl (C=O) groups is 3. The Balaban J connectivity index is 1.68. The van der Waals surface area contributed by atoms with Crippen LogP contribution in [-0.2, 0) is 15.0 Å². The number of fused-ring (bicyclic) bond motifs is 6. The lowest BCUT2D eigenvalue weighted by Crippen LogP contribution is -2.51. The predicted molar refractivity (Wildman–Crippen MR) is 148 cm³/mol. The van der Waals surface area contributed by atoms with Crippen LogP contribution in [0.5, 0.6) is 5.75 Å². The van der Waals surface area contributed by atoms with Crippen LogP contribution in [0.4, 0.5) is 11.4 Å². The summed E-state index contributed by atoms with van der Waals surface area (Å²) in [4.78, 5) is 45.4. The number of ketones is 2. The van der Waals surface area contributed by atoms with Crippen molar-refractivity contribution in [2.75, 3.05) is 17.3 Å². The number of nitrogens with zero attached hydrogens (tertiary/aromatic N) is 1. The van der Waals surface area contributed by atoms with E-state index < -0.39 is 28.8 Å². The van der Waals surface area contributed by atoms with E-state index in [0.717, 1.165) is 16.8 Å². The molecular formula is C32H30N2O4. The highest BCUT2D eigenvalue weighted by molar-refractivity contribution is 6.17. The van der Waals surface area contributed by atoms with Crippen LogP contribution < -0.4 is 15.0 Å². The van der Waals surface area contributed by atoms with Crippen molar-refractivity contribution in [3.8, 4) is 5.75 Å². The molecule has 3 aliphatic rings. The highest BCUT2D eigenvalue weighted by Crippen LogP contribution is 2.58. The second kappa shape index (κ2) is 8.42. The average molecular weight is 507 g/mol. The van der Waals surface area contributed by atoms with Crippen molar-refractivity contribution in [1.82, 2.24) is 0 Å². The van der Waals surface area contributed by atoms with Gasteiger partial charge in [0.25, 0.3) is 0 Å². The zero-order chi connectivity index (χ0) is 26.8. The normalized spacial score (nSPS) is 25.0. The van der Waals surface area contributed by atoms with Crippen molar-refractivity contribution in [1.29, 1.82) is 0 Å². The zero-order valence-electron chi connectivity index (χ0n) is 21.9. The fourth-order valence-electron chi connectivity index (χ4n) is 6.52. The molecule has 0 aromatic heterocycles. The van der Waals surface area contributed by atoms with Gasteiger partial charge in [-0.25, -0.2) is 0 Å². The summed E-state index contributed by atoms with van der Waals surface area (Å²) in [5, 5.41) is 3.06. The molecule has 0 unspecified atom stereocenters. The monoisotopic (exact) mass is 506 g/mol. The van der Waals surface area contributed by atoms with Crippen LogP contribution in [0.15, 0.2) is 78.9 Å². The van der Waals surface area contributed by atoms with E-state index in [2.05, 4.69) is 5.32 Å². The minimum Gasteiger partial charge on any atom is -0.497 e. The Bertz CT molecular complexity index is 1520. The summed E-state index contributed by atoms with van der Waals surface area (Å²) >= 11 is 0. The van der Waals surface area contributed by atoms with E-state index in [-0.39, 0.29) is 17.5 Å². The summed E-state index contributed by atoms with van der Waals surface area (Å²) in [6, 6.07) is 20.9. The molecule has 3 aliphatic heterocycles. The van der Waals surface area contributed by atoms with Crippen molar-refractivity contribution in [3.05, 3.63) is 95.6 Å². The molecule has 1 amide bonds. The first-order valence-corrected chi connectivity index (χ1v) is 12.9. The fourth-order valence-corrected chi connectivity index (χ4v) is 6.52. The molecule has 6 heteroatoms. The predicted octanol–water partition coefficient (Wildman–Crippen LogP) is 5.28. The van der Waals surface area contributed by atoms with Crippen molar-refractivity contribution in [3.63, 3.8) is 0 Å². The second-order valence-corrected chi connectivity index (χ2v) is 11.3. The Labute approximate surface area is 222 Å². The number of carbonyl (C=O) groups excluding carboxylic acids is 3. The van der Waals surface area contributed by atoms with Crippen LogP contribution in [0.2, 0.25) is 0 Å². The number of rotatable bonds is 4. The molecule has 4 atom stereocenters. The molecule has 1 spiro atoms. The van der Waals surface area contributed by atoms with E-state index in [0.29, 0.717) is 17.0 Å². The number of methoxy groups -OCH3 is 1. The lowest BCUT2D eigenvalue weighted by atomic mass is 9.63. The number of para-hydroxylation sites is 2. The fraction of sp³-hybridized carbons (Fsp3) is 0.281. The van der Waals surface area contributed by atoms with Gasteiger partial charge in [-0.15, -0.1) is 0 Å². The Hall–Kier alpha value is -4.19. The molecule has 6 rings (SSSR count). The maximum atomic E-state index is 14.7. The van der Waals surface area contributed by atoms with Gasteiger partial charge in [0.2, 0.25) is 5.91 Å². The highest BCUT2D eigenvalue weighted by Gasteiger charge is 2.70.